The Morgan fingerprint density at radius 2 is 1.71 bits per heavy atom. The maximum atomic E-state index is 11.9. The summed E-state index contributed by atoms with van der Waals surface area (Å²) in [6.07, 6.45) is 13.3. The number of aromatic nitrogens is 3. The van der Waals surface area contributed by atoms with Crippen molar-refractivity contribution in [3.63, 3.8) is 0 Å². The van der Waals surface area contributed by atoms with Crippen LogP contribution in [0.1, 0.15) is 57.8 Å². The van der Waals surface area contributed by atoms with E-state index < -0.39 is 15.8 Å². The van der Waals surface area contributed by atoms with Crippen LogP contribution in [0.3, 0.4) is 0 Å². The number of piperidine rings is 1. The smallest absolute Gasteiger partial charge is 0.251 e. The van der Waals surface area contributed by atoms with Gasteiger partial charge in [0.05, 0.1) is 29.5 Å². The van der Waals surface area contributed by atoms with Gasteiger partial charge in [-0.15, -0.1) is 5.10 Å². The van der Waals surface area contributed by atoms with Gasteiger partial charge in [0.15, 0.2) is 11.5 Å². The van der Waals surface area contributed by atoms with E-state index in [0.29, 0.717) is 16.8 Å². The molecule has 38 heavy (non-hydrogen) atoms. The minimum atomic E-state index is -3.39. The lowest BCUT2D eigenvalue weighted by atomic mass is 9.93. The summed E-state index contributed by atoms with van der Waals surface area (Å²) in [4.78, 5) is 2.34. The molecule has 3 fully saturated rings. The zero-order chi connectivity index (χ0) is 26.0. The lowest BCUT2D eigenvalue weighted by Gasteiger charge is -2.35. The van der Waals surface area contributed by atoms with E-state index >= 15 is 0 Å². The predicted octanol–water partition coefficient (Wildman–Crippen LogP) is 5.12. The number of nitrogens with zero attached hydrogens (tertiary/aromatic N) is 4. The Labute approximate surface area is 223 Å². The first-order valence-corrected chi connectivity index (χ1v) is 15.5. The summed E-state index contributed by atoms with van der Waals surface area (Å²) >= 11 is 0. The summed E-state index contributed by atoms with van der Waals surface area (Å²) in [6, 6.07) is 11.5. The van der Waals surface area contributed by atoms with Crippen molar-refractivity contribution in [3.8, 4) is 28.4 Å². The van der Waals surface area contributed by atoms with E-state index in [-0.39, 0.29) is 0 Å². The molecule has 1 aromatic heterocycles. The van der Waals surface area contributed by atoms with Gasteiger partial charge in [0.25, 0.3) is 5.79 Å². The molecule has 0 atom stereocenters. The fourth-order valence-electron chi connectivity index (χ4n) is 6.26. The van der Waals surface area contributed by atoms with Crippen LogP contribution in [-0.2, 0) is 10.0 Å². The molecule has 2 aromatic carbocycles. The first-order chi connectivity index (χ1) is 18.3. The molecular formula is C28H33N5O4S. The van der Waals surface area contributed by atoms with Crippen LogP contribution in [0.15, 0.2) is 42.6 Å². The van der Waals surface area contributed by atoms with E-state index in [1.54, 1.807) is 10.7 Å². The maximum Gasteiger partial charge on any atom is 0.251 e. The second-order valence-corrected chi connectivity index (χ2v) is 13.2. The van der Waals surface area contributed by atoms with E-state index in [4.69, 9.17) is 9.47 Å². The molecule has 0 unspecified atom stereocenters. The Kier molecular flexibility index (Phi) is 5.41. The molecule has 2 aliphatic heterocycles. The van der Waals surface area contributed by atoms with Crippen molar-refractivity contribution in [3.05, 3.63) is 42.6 Å². The molecular weight excluding hydrogens is 502 g/mol. The SMILES string of the molecule is CS(=O)(=O)Nc1ccc(-n2cc(-c3cccc4c3OC3(CCCCC3)O4)nn2)c(N2CCC3(CC2)CC3)c1. The molecule has 1 saturated heterocycles. The van der Waals surface area contributed by atoms with Crippen molar-refractivity contribution in [2.45, 2.75) is 63.6 Å². The Hall–Kier alpha value is -3.27. The second kappa shape index (κ2) is 8.62. The Morgan fingerprint density at radius 3 is 2.45 bits per heavy atom. The number of sulfonamides is 1. The third-order valence-electron chi connectivity index (χ3n) is 8.60. The number of para-hydroxylation sites is 1. The summed E-state index contributed by atoms with van der Waals surface area (Å²) in [7, 11) is -3.39. The minimum absolute atomic E-state index is 0.533. The molecule has 0 bridgehead atoms. The van der Waals surface area contributed by atoms with E-state index in [1.807, 2.05) is 36.5 Å². The van der Waals surface area contributed by atoms with Crippen molar-refractivity contribution in [1.82, 2.24) is 15.0 Å². The molecule has 2 aliphatic carbocycles. The number of ether oxygens (including phenoxy) is 2. The van der Waals surface area contributed by atoms with E-state index in [1.165, 1.54) is 25.5 Å². The van der Waals surface area contributed by atoms with Crippen molar-refractivity contribution in [2.75, 3.05) is 29.0 Å². The van der Waals surface area contributed by atoms with Gasteiger partial charge in [0.1, 0.15) is 5.69 Å². The lowest BCUT2D eigenvalue weighted by Crippen LogP contribution is -2.40. The van der Waals surface area contributed by atoms with Gasteiger partial charge < -0.3 is 14.4 Å². The van der Waals surface area contributed by atoms with Crippen molar-refractivity contribution in [2.24, 2.45) is 5.41 Å². The highest BCUT2D eigenvalue weighted by molar-refractivity contribution is 7.92. The van der Waals surface area contributed by atoms with Gasteiger partial charge in [0, 0.05) is 31.5 Å². The van der Waals surface area contributed by atoms with E-state index in [0.717, 1.165) is 80.1 Å². The first kappa shape index (κ1) is 23.8. The molecule has 2 spiro atoms. The van der Waals surface area contributed by atoms with Crippen molar-refractivity contribution < 1.29 is 17.9 Å². The average Bonchev–Trinajstić information content (AvgIpc) is 3.30. The van der Waals surface area contributed by atoms with Crippen LogP contribution in [0, 0.1) is 5.41 Å². The van der Waals surface area contributed by atoms with Crippen molar-refractivity contribution >= 4 is 21.4 Å². The molecule has 4 aliphatic rings. The van der Waals surface area contributed by atoms with Crippen LogP contribution in [0.5, 0.6) is 11.5 Å². The molecule has 1 N–H and O–H groups in total. The maximum absolute atomic E-state index is 11.9. The zero-order valence-electron chi connectivity index (χ0n) is 21.6. The third-order valence-corrected chi connectivity index (χ3v) is 9.20. The van der Waals surface area contributed by atoms with Crippen LogP contribution in [0.25, 0.3) is 16.9 Å². The standard InChI is InChI=1S/C28H33N5O4S/c1-38(34,35)30-20-8-9-23(24(18-20)32-16-14-27(12-13-27)15-17-32)33-19-22(29-31-33)21-6-5-7-25-26(21)37-28(36-25)10-3-2-4-11-28/h5-9,18-19,30H,2-4,10-17H2,1H3. The van der Waals surface area contributed by atoms with Crippen LogP contribution in [-0.4, -0.2) is 48.5 Å². The number of nitrogens with one attached hydrogen (secondary N) is 1. The monoisotopic (exact) mass is 535 g/mol. The third kappa shape index (κ3) is 4.38. The van der Waals surface area contributed by atoms with Gasteiger partial charge in [0.2, 0.25) is 10.0 Å². The highest BCUT2D eigenvalue weighted by atomic mass is 32.2. The number of anilines is 2. The molecule has 200 valence electrons. The summed E-state index contributed by atoms with van der Waals surface area (Å²) < 4.78 is 41.1. The average molecular weight is 536 g/mol. The van der Waals surface area contributed by atoms with Crippen LogP contribution in [0.4, 0.5) is 11.4 Å². The molecule has 3 heterocycles. The quantitative estimate of drug-likeness (QED) is 0.484. The Bertz CT molecular complexity index is 1480. The van der Waals surface area contributed by atoms with Gasteiger partial charge in [-0.1, -0.05) is 17.7 Å². The number of rotatable bonds is 5. The molecule has 0 amide bonds. The van der Waals surface area contributed by atoms with Crippen LogP contribution < -0.4 is 19.1 Å². The van der Waals surface area contributed by atoms with E-state index in [2.05, 4.69) is 19.9 Å². The number of benzene rings is 2. The van der Waals surface area contributed by atoms with Gasteiger partial charge in [-0.05, 0) is 74.3 Å². The van der Waals surface area contributed by atoms with E-state index in [9.17, 15) is 8.42 Å². The topological polar surface area (TPSA) is 98.6 Å². The van der Waals surface area contributed by atoms with Gasteiger partial charge in [-0.3, -0.25) is 4.72 Å². The molecule has 2 saturated carbocycles. The summed E-state index contributed by atoms with van der Waals surface area (Å²) in [5, 5.41) is 9.02. The number of hydrogen-bond donors (Lipinski definition) is 1. The summed E-state index contributed by atoms with van der Waals surface area (Å²) in [5.41, 5.74) is 4.46. The minimum Gasteiger partial charge on any atom is -0.448 e. The van der Waals surface area contributed by atoms with Gasteiger partial charge in [-0.25, -0.2) is 13.1 Å². The Balaban J connectivity index is 1.22. The zero-order valence-corrected chi connectivity index (χ0v) is 22.5. The molecule has 10 heteroatoms. The number of hydrogen-bond acceptors (Lipinski definition) is 7. The van der Waals surface area contributed by atoms with Crippen LogP contribution >= 0.6 is 0 Å². The fraction of sp³-hybridized carbons (Fsp3) is 0.500. The Morgan fingerprint density at radius 1 is 0.921 bits per heavy atom. The van der Waals surface area contributed by atoms with Gasteiger partial charge >= 0.3 is 0 Å². The van der Waals surface area contributed by atoms with Gasteiger partial charge in [-0.2, -0.15) is 0 Å². The molecule has 0 radical (unpaired) electrons. The molecule has 3 aromatic rings. The van der Waals surface area contributed by atoms with Crippen molar-refractivity contribution in [1.29, 1.82) is 0 Å². The normalized spacial score (nSPS) is 21.1. The largest absolute Gasteiger partial charge is 0.448 e. The van der Waals surface area contributed by atoms with Crippen LogP contribution in [0.2, 0.25) is 0 Å². The summed E-state index contributed by atoms with van der Waals surface area (Å²) in [5.74, 6) is 0.938. The first-order valence-electron chi connectivity index (χ1n) is 13.6. The fourth-order valence-corrected chi connectivity index (χ4v) is 6.81. The predicted molar refractivity (Wildman–Crippen MR) is 145 cm³/mol. The second-order valence-electron chi connectivity index (χ2n) is 11.4. The highest BCUT2D eigenvalue weighted by Crippen LogP contribution is 2.54. The summed E-state index contributed by atoms with van der Waals surface area (Å²) in [6.45, 7) is 1.88. The lowest BCUT2D eigenvalue weighted by molar-refractivity contribution is -0.105. The molecule has 9 nitrogen and oxygen atoms in total. The number of fused-ring (bicyclic) bond motifs is 1. The molecule has 7 rings (SSSR count). The highest BCUT2D eigenvalue weighted by Gasteiger charge is 2.45.